The summed E-state index contributed by atoms with van der Waals surface area (Å²) in [4.78, 5) is 2.75. The maximum Gasteiger partial charge on any atom is 0.0269 e. The van der Waals surface area contributed by atoms with Crippen molar-refractivity contribution in [1.29, 1.82) is 0 Å². The normalized spacial score (nSPS) is 26.9. The summed E-state index contributed by atoms with van der Waals surface area (Å²) in [6, 6.07) is 1.24. The van der Waals surface area contributed by atoms with Crippen molar-refractivity contribution in [2.75, 3.05) is 19.6 Å². The molecule has 0 spiro atoms. The lowest BCUT2D eigenvalue weighted by molar-refractivity contribution is 0.0240. The standard InChI is InChI=1S/C18H38N2/c1-16(2,3)10-11-20-13-14(17(4,5)6)19-12-15(20)18(7,8)9/h14-15,19H,10-13H2,1-9H3. The molecule has 1 fully saturated rings. The van der Waals surface area contributed by atoms with Gasteiger partial charge in [0.2, 0.25) is 0 Å². The number of nitrogens with one attached hydrogen (secondary N) is 1. The van der Waals surface area contributed by atoms with Gasteiger partial charge in [-0.15, -0.1) is 0 Å². The van der Waals surface area contributed by atoms with E-state index in [0.717, 1.165) is 6.54 Å². The average Bonchev–Trinajstić information content (AvgIpc) is 2.22. The Morgan fingerprint density at radius 2 is 1.45 bits per heavy atom. The van der Waals surface area contributed by atoms with Crippen LogP contribution in [0.4, 0.5) is 0 Å². The molecule has 1 heterocycles. The molecule has 1 saturated heterocycles. The molecule has 1 aliphatic heterocycles. The van der Waals surface area contributed by atoms with Crippen molar-refractivity contribution < 1.29 is 0 Å². The van der Waals surface area contributed by atoms with E-state index in [1.165, 1.54) is 19.5 Å². The molecular weight excluding hydrogens is 244 g/mol. The van der Waals surface area contributed by atoms with E-state index in [-0.39, 0.29) is 0 Å². The minimum absolute atomic E-state index is 0.336. The van der Waals surface area contributed by atoms with E-state index in [1.54, 1.807) is 0 Å². The van der Waals surface area contributed by atoms with Crippen molar-refractivity contribution in [1.82, 2.24) is 10.2 Å². The molecule has 120 valence electrons. The lowest BCUT2D eigenvalue weighted by Gasteiger charge is -2.50. The van der Waals surface area contributed by atoms with Gasteiger partial charge in [-0.25, -0.2) is 0 Å². The van der Waals surface area contributed by atoms with Crippen LogP contribution in [0.3, 0.4) is 0 Å². The predicted octanol–water partition coefficient (Wildman–Crippen LogP) is 4.16. The smallest absolute Gasteiger partial charge is 0.0269 e. The Balaban J connectivity index is 2.78. The number of piperazine rings is 1. The van der Waals surface area contributed by atoms with Crippen molar-refractivity contribution in [3.05, 3.63) is 0 Å². The SMILES string of the molecule is CC(C)(C)CCN1CC(C(C)(C)C)NCC1C(C)(C)C. The van der Waals surface area contributed by atoms with Crippen LogP contribution in [0.2, 0.25) is 0 Å². The van der Waals surface area contributed by atoms with Crippen LogP contribution in [-0.2, 0) is 0 Å². The summed E-state index contributed by atoms with van der Waals surface area (Å²) in [7, 11) is 0. The van der Waals surface area contributed by atoms with E-state index < -0.39 is 0 Å². The third-order valence-electron chi connectivity index (χ3n) is 4.61. The van der Waals surface area contributed by atoms with E-state index in [2.05, 4.69) is 72.5 Å². The van der Waals surface area contributed by atoms with Gasteiger partial charge in [-0.3, -0.25) is 4.90 Å². The third-order valence-corrected chi connectivity index (χ3v) is 4.61. The van der Waals surface area contributed by atoms with Crippen LogP contribution in [0.1, 0.15) is 68.7 Å². The quantitative estimate of drug-likeness (QED) is 0.818. The highest BCUT2D eigenvalue weighted by Crippen LogP contribution is 2.31. The molecule has 0 amide bonds. The molecule has 0 aromatic carbocycles. The van der Waals surface area contributed by atoms with E-state index in [0.29, 0.717) is 28.3 Å². The molecule has 20 heavy (non-hydrogen) atoms. The third kappa shape index (κ3) is 5.37. The van der Waals surface area contributed by atoms with E-state index in [9.17, 15) is 0 Å². The topological polar surface area (TPSA) is 15.3 Å². The summed E-state index contributed by atoms with van der Waals surface area (Å²) in [5.74, 6) is 0. The van der Waals surface area contributed by atoms with Gasteiger partial charge >= 0.3 is 0 Å². The van der Waals surface area contributed by atoms with Gasteiger partial charge in [0, 0.05) is 25.2 Å². The molecule has 1 aliphatic rings. The zero-order valence-electron chi connectivity index (χ0n) is 15.4. The molecule has 2 unspecified atom stereocenters. The molecule has 2 heteroatoms. The lowest BCUT2D eigenvalue weighted by atomic mass is 9.79. The molecule has 0 aromatic rings. The maximum atomic E-state index is 3.80. The highest BCUT2D eigenvalue weighted by molar-refractivity contribution is 4.96. The van der Waals surface area contributed by atoms with Crippen molar-refractivity contribution in [3.8, 4) is 0 Å². The Labute approximate surface area is 127 Å². The largest absolute Gasteiger partial charge is 0.311 e. The average molecular weight is 283 g/mol. The first-order valence-corrected chi connectivity index (χ1v) is 8.28. The lowest BCUT2D eigenvalue weighted by Crippen LogP contribution is -2.63. The molecule has 0 saturated carbocycles. The van der Waals surface area contributed by atoms with Gasteiger partial charge in [-0.05, 0) is 29.2 Å². The molecule has 0 aromatic heterocycles. The van der Waals surface area contributed by atoms with Crippen molar-refractivity contribution in [3.63, 3.8) is 0 Å². The van der Waals surface area contributed by atoms with Gasteiger partial charge in [0.05, 0.1) is 0 Å². The molecular formula is C18H38N2. The van der Waals surface area contributed by atoms with Gasteiger partial charge < -0.3 is 5.32 Å². The first-order valence-electron chi connectivity index (χ1n) is 8.28. The first kappa shape index (κ1) is 18.0. The summed E-state index contributed by atoms with van der Waals surface area (Å²) in [6.45, 7) is 24.8. The second-order valence-electron chi connectivity index (χ2n) is 10.0. The van der Waals surface area contributed by atoms with Crippen molar-refractivity contribution in [2.45, 2.75) is 80.8 Å². The highest BCUT2D eigenvalue weighted by Gasteiger charge is 2.38. The second kappa shape index (κ2) is 5.96. The molecule has 2 nitrogen and oxygen atoms in total. The molecule has 2 atom stereocenters. The Morgan fingerprint density at radius 3 is 1.85 bits per heavy atom. The Morgan fingerprint density at radius 1 is 0.900 bits per heavy atom. The van der Waals surface area contributed by atoms with Crippen LogP contribution in [0.5, 0.6) is 0 Å². The first-order chi connectivity index (χ1) is 8.81. The Bertz CT molecular complexity index is 301. The predicted molar refractivity (Wildman–Crippen MR) is 90.1 cm³/mol. The summed E-state index contributed by atoms with van der Waals surface area (Å²) >= 11 is 0. The Hall–Kier alpha value is -0.0800. The van der Waals surface area contributed by atoms with Crippen LogP contribution in [0, 0.1) is 16.2 Å². The number of rotatable bonds is 2. The minimum Gasteiger partial charge on any atom is -0.311 e. The van der Waals surface area contributed by atoms with Gasteiger partial charge in [0.1, 0.15) is 0 Å². The monoisotopic (exact) mass is 282 g/mol. The fraction of sp³-hybridized carbons (Fsp3) is 1.00. The summed E-state index contributed by atoms with van der Waals surface area (Å²) in [5, 5.41) is 3.80. The number of hydrogen-bond donors (Lipinski definition) is 1. The van der Waals surface area contributed by atoms with E-state index in [4.69, 9.17) is 0 Å². The van der Waals surface area contributed by atoms with Crippen molar-refractivity contribution >= 4 is 0 Å². The minimum atomic E-state index is 0.336. The van der Waals surface area contributed by atoms with Crippen LogP contribution in [0.15, 0.2) is 0 Å². The summed E-state index contributed by atoms with van der Waals surface area (Å²) in [5.41, 5.74) is 1.10. The van der Waals surface area contributed by atoms with Gasteiger partial charge in [-0.1, -0.05) is 62.3 Å². The van der Waals surface area contributed by atoms with Crippen molar-refractivity contribution in [2.24, 2.45) is 16.2 Å². The zero-order chi connectivity index (χ0) is 15.8. The van der Waals surface area contributed by atoms with E-state index >= 15 is 0 Å². The van der Waals surface area contributed by atoms with Gasteiger partial charge in [-0.2, -0.15) is 0 Å². The molecule has 0 bridgehead atoms. The van der Waals surface area contributed by atoms with Gasteiger partial charge in [0.15, 0.2) is 0 Å². The fourth-order valence-corrected chi connectivity index (χ4v) is 2.97. The van der Waals surface area contributed by atoms with E-state index in [1.807, 2.05) is 0 Å². The Kier molecular flexibility index (Phi) is 5.36. The number of hydrogen-bond acceptors (Lipinski definition) is 2. The summed E-state index contributed by atoms with van der Waals surface area (Å²) < 4.78 is 0. The second-order valence-corrected chi connectivity index (χ2v) is 10.0. The molecule has 1 rings (SSSR count). The summed E-state index contributed by atoms with van der Waals surface area (Å²) in [6.07, 6.45) is 1.27. The fourth-order valence-electron chi connectivity index (χ4n) is 2.97. The van der Waals surface area contributed by atoms with Crippen LogP contribution >= 0.6 is 0 Å². The highest BCUT2D eigenvalue weighted by atomic mass is 15.2. The maximum absolute atomic E-state index is 3.80. The number of nitrogens with zero attached hydrogens (tertiary/aromatic N) is 1. The van der Waals surface area contributed by atoms with Crippen LogP contribution < -0.4 is 5.32 Å². The van der Waals surface area contributed by atoms with Gasteiger partial charge in [0.25, 0.3) is 0 Å². The van der Waals surface area contributed by atoms with Crippen LogP contribution in [0.25, 0.3) is 0 Å². The molecule has 0 radical (unpaired) electrons. The molecule has 1 N–H and O–H groups in total. The van der Waals surface area contributed by atoms with Crippen LogP contribution in [-0.4, -0.2) is 36.6 Å². The zero-order valence-corrected chi connectivity index (χ0v) is 15.4. The molecule has 0 aliphatic carbocycles.